The van der Waals surface area contributed by atoms with Gasteiger partial charge in [-0.05, 0) is 24.6 Å². The lowest BCUT2D eigenvalue weighted by molar-refractivity contribution is 0.241. The molecule has 0 saturated heterocycles. The molecule has 12 heavy (non-hydrogen) atoms. The standard InChI is InChI=1S/C8H9FN2O/c1-6-3-2-4-7(5-6)11(9)8(10)12/h2-5H,1H3,(H2,10,12). The number of aryl methyl sites for hydroxylation is 1. The molecule has 1 aromatic carbocycles. The lowest BCUT2D eigenvalue weighted by Gasteiger charge is -2.08. The van der Waals surface area contributed by atoms with E-state index in [-0.39, 0.29) is 10.8 Å². The van der Waals surface area contributed by atoms with Gasteiger partial charge in [-0.25, -0.2) is 4.79 Å². The minimum atomic E-state index is -1.11. The first kappa shape index (κ1) is 8.52. The number of anilines is 1. The van der Waals surface area contributed by atoms with Crippen molar-refractivity contribution in [2.75, 3.05) is 5.12 Å². The van der Waals surface area contributed by atoms with E-state index in [1.807, 2.05) is 0 Å². The highest BCUT2D eigenvalue weighted by molar-refractivity contribution is 5.88. The number of hydrogen-bond donors (Lipinski definition) is 1. The van der Waals surface area contributed by atoms with Gasteiger partial charge in [0, 0.05) is 0 Å². The first-order valence-electron chi connectivity index (χ1n) is 3.43. The van der Waals surface area contributed by atoms with Crippen LogP contribution >= 0.6 is 0 Å². The summed E-state index contributed by atoms with van der Waals surface area (Å²) in [5, 5.41) is -0.0903. The number of hydrogen-bond acceptors (Lipinski definition) is 1. The molecule has 0 bridgehead atoms. The fraction of sp³-hybridized carbons (Fsp3) is 0.125. The Labute approximate surface area is 69.5 Å². The normalized spacial score (nSPS) is 9.50. The molecule has 4 heteroatoms. The SMILES string of the molecule is Cc1cccc(N(F)C(N)=O)c1. The Balaban J connectivity index is 2.95. The third-order valence-corrected chi connectivity index (χ3v) is 1.42. The first-order chi connectivity index (χ1) is 5.61. The number of nitrogens with zero attached hydrogens (tertiary/aromatic N) is 1. The molecule has 0 saturated carbocycles. The molecule has 3 nitrogen and oxygen atoms in total. The van der Waals surface area contributed by atoms with Crippen molar-refractivity contribution in [1.29, 1.82) is 0 Å². The zero-order valence-corrected chi connectivity index (χ0v) is 6.62. The zero-order valence-electron chi connectivity index (χ0n) is 6.62. The second-order valence-electron chi connectivity index (χ2n) is 2.46. The van der Waals surface area contributed by atoms with Crippen molar-refractivity contribution in [3.05, 3.63) is 29.8 Å². The zero-order chi connectivity index (χ0) is 9.14. The van der Waals surface area contributed by atoms with E-state index in [9.17, 15) is 9.28 Å². The largest absolute Gasteiger partial charge is 0.349 e. The fourth-order valence-electron chi connectivity index (χ4n) is 0.877. The van der Waals surface area contributed by atoms with Crippen LogP contribution in [0.15, 0.2) is 24.3 Å². The molecular formula is C8H9FN2O. The lowest BCUT2D eigenvalue weighted by atomic mass is 10.2. The van der Waals surface area contributed by atoms with Crippen LogP contribution in [-0.4, -0.2) is 6.03 Å². The summed E-state index contributed by atoms with van der Waals surface area (Å²) in [4.78, 5) is 10.4. The van der Waals surface area contributed by atoms with Gasteiger partial charge in [-0.2, -0.15) is 0 Å². The second kappa shape index (κ2) is 3.21. The molecule has 0 aliphatic carbocycles. The maximum absolute atomic E-state index is 12.8. The highest BCUT2D eigenvalue weighted by Crippen LogP contribution is 2.15. The fourth-order valence-corrected chi connectivity index (χ4v) is 0.877. The molecule has 0 fully saturated rings. The number of nitrogens with two attached hydrogens (primary N) is 1. The number of carbonyl (C=O) groups is 1. The maximum Gasteiger partial charge on any atom is 0.347 e. The van der Waals surface area contributed by atoms with Crippen LogP contribution in [0.3, 0.4) is 0 Å². The van der Waals surface area contributed by atoms with Crippen LogP contribution in [0.5, 0.6) is 0 Å². The van der Waals surface area contributed by atoms with E-state index in [0.717, 1.165) is 5.56 Å². The van der Waals surface area contributed by atoms with E-state index in [0.29, 0.717) is 0 Å². The minimum absolute atomic E-state index is 0.0903. The molecule has 0 aromatic heterocycles. The van der Waals surface area contributed by atoms with E-state index >= 15 is 0 Å². The monoisotopic (exact) mass is 168 g/mol. The van der Waals surface area contributed by atoms with Gasteiger partial charge in [0.05, 0.1) is 5.69 Å². The number of carbonyl (C=O) groups excluding carboxylic acids is 1. The van der Waals surface area contributed by atoms with Crippen LogP contribution < -0.4 is 10.9 Å². The van der Waals surface area contributed by atoms with Crippen molar-refractivity contribution in [2.45, 2.75) is 6.92 Å². The molecule has 1 rings (SSSR count). The highest BCUT2D eigenvalue weighted by atomic mass is 19.2. The molecule has 0 spiro atoms. The minimum Gasteiger partial charge on any atom is -0.349 e. The third-order valence-electron chi connectivity index (χ3n) is 1.42. The summed E-state index contributed by atoms with van der Waals surface area (Å²) in [5.74, 6) is 0. The first-order valence-corrected chi connectivity index (χ1v) is 3.43. The van der Waals surface area contributed by atoms with E-state index < -0.39 is 6.03 Å². The number of halogens is 1. The topological polar surface area (TPSA) is 46.3 Å². The Morgan fingerprint density at radius 1 is 1.58 bits per heavy atom. The molecule has 0 unspecified atom stereocenters. The average molecular weight is 168 g/mol. The number of primary amides is 1. The van der Waals surface area contributed by atoms with Gasteiger partial charge in [-0.3, -0.25) is 0 Å². The van der Waals surface area contributed by atoms with Crippen molar-refractivity contribution in [3.8, 4) is 0 Å². The molecule has 1 aromatic rings. The molecule has 2 amide bonds. The van der Waals surface area contributed by atoms with Crippen LogP contribution in [-0.2, 0) is 0 Å². The number of amides is 2. The van der Waals surface area contributed by atoms with E-state index in [4.69, 9.17) is 5.73 Å². The van der Waals surface area contributed by atoms with Gasteiger partial charge in [0.1, 0.15) is 0 Å². The third kappa shape index (κ3) is 1.72. The van der Waals surface area contributed by atoms with Crippen LogP contribution in [0.1, 0.15) is 5.56 Å². The van der Waals surface area contributed by atoms with Crippen LogP contribution in [0, 0.1) is 6.92 Å². The van der Waals surface area contributed by atoms with Gasteiger partial charge < -0.3 is 5.73 Å². The van der Waals surface area contributed by atoms with E-state index in [1.165, 1.54) is 12.1 Å². The van der Waals surface area contributed by atoms with Crippen molar-refractivity contribution < 1.29 is 9.28 Å². The van der Waals surface area contributed by atoms with E-state index in [1.54, 1.807) is 19.1 Å². The molecule has 0 heterocycles. The van der Waals surface area contributed by atoms with Crippen molar-refractivity contribution in [1.82, 2.24) is 0 Å². The summed E-state index contributed by atoms with van der Waals surface area (Å²) >= 11 is 0. The van der Waals surface area contributed by atoms with Crippen LogP contribution in [0.25, 0.3) is 0 Å². The van der Waals surface area contributed by atoms with Gasteiger partial charge in [0.2, 0.25) is 0 Å². The molecular weight excluding hydrogens is 159 g/mol. The Bertz CT molecular complexity index is 301. The van der Waals surface area contributed by atoms with E-state index in [2.05, 4.69) is 0 Å². The predicted molar refractivity (Wildman–Crippen MR) is 44.3 cm³/mol. The highest BCUT2D eigenvalue weighted by Gasteiger charge is 2.09. The van der Waals surface area contributed by atoms with Crippen molar-refractivity contribution in [2.24, 2.45) is 5.73 Å². The smallest absolute Gasteiger partial charge is 0.347 e. The van der Waals surface area contributed by atoms with Crippen molar-refractivity contribution in [3.63, 3.8) is 0 Å². The Hall–Kier alpha value is -1.58. The second-order valence-corrected chi connectivity index (χ2v) is 2.46. The van der Waals surface area contributed by atoms with Gasteiger partial charge in [0.25, 0.3) is 0 Å². The van der Waals surface area contributed by atoms with Crippen LogP contribution in [0.2, 0.25) is 0 Å². The average Bonchev–Trinajstić information content (AvgIpc) is 2.03. The predicted octanol–water partition coefficient (Wildman–Crippen LogP) is 1.76. The maximum atomic E-state index is 12.8. The Morgan fingerprint density at radius 2 is 2.25 bits per heavy atom. The summed E-state index contributed by atoms with van der Waals surface area (Å²) in [6, 6.07) is 5.35. The lowest BCUT2D eigenvalue weighted by Crippen LogP contribution is -2.28. The van der Waals surface area contributed by atoms with Gasteiger partial charge in [0.15, 0.2) is 0 Å². The number of benzene rings is 1. The molecule has 2 N–H and O–H groups in total. The molecule has 64 valence electrons. The summed E-state index contributed by atoms with van der Waals surface area (Å²) in [6.45, 7) is 1.80. The van der Waals surface area contributed by atoms with Crippen molar-refractivity contribution >= 4 is 11.7 Å². The summed E-state index contributed by atoms with van der Waals surface area (Å²) < 4.78 is 12.8. The molecule has 0 aliphatic heterocycles. The number of rotatable bonds is 1. The molecule has 0 atom stereocenters. The molecule has 0 radical (unpaired) electrons. The summed E-state index contributed by atoms with van der Waals surface area (Å²) in [6.07, 6.45) is 0. The van der Waals surface area contributed by atoms with Gasteiger partial charge in [-0.1, -0.05) is 16.6 Å². The number of urea groups is 1. The Morgan fingerprint density at radius 3 is 2.75 bits per heavy atom. The van der Waals surface area contributed by atoms with Crippen LogP contribution in [0.4, 0.5) is 15.0 Å². The van der Waals surface area contributed by atoms with Gasteiger partial charge >= 0.3 is 6.03 Å². The Kier molecular flexibility index (Phi) is 2.28. The quantitative estimate of drug-likeness (QED) is 0.638. The van der Waals surface area contributed by atoms with Gasteiger partial charge in [-0.15, -0.1) is 5.12 Å². The summed E-state index contributed by atoms with van der Waals surface area (Å²) in [7, 11) is 0. The summed E-state index contributed by atoms with van der Waals surface area (Å²) in [5.41, 5.74) is 5.76. The molecule has 0 aliphatic rings.